The fourth-order valence-electron chi connectivity index (χ4n) is 8.03. The number of carbonyl (C=O) groups is 3. The fourth-order valence-corrected chi connectivity index (χ4v) is 9.07. The van der Waals surface area contributed by atoms with Crippen molar-refractivity contribution < 1.29 is 19.1 Å². The summed E-state index contributed by atoms with van der Waals surface area (Å²) in [5.41, 5.74) is 4.00. The van der Waals surface area contributed by atoms with Crippen molar-refractivity contribution in [2.24, 2.45) is 20.0 Å². The Morgan fingerprint density at radius 2 is 1.76 bits per heavy atom. The van der Waals surface area contributed by atoms with Crippen LogP contribution in [-0.2, 0) is 23.7 Å². The maximum Gasteiger partial charge on any atom is 0.274 e. The lowest BCUT2D eigenvalue weighted by molar-refractivity contribution is -0.134. The number of hydrogen-bond donors (Lipinski definition) is 2. The molecule has 55 heavy (non-hydrogen) atoms. The standard InChI is InChI=1S/C40H47N9O5S/c1-24(2)54-33-22-31-34(21-29(33)38(52)41-30-6-5-13-45(3)39(30)53)55-40(42-31)49-18-16-47(17-19-49)23-25-11-14-48(15-12-25)26-7-8-27-32(20-26)46(4)44-36(27)28-9-10-35(50)43-37(28)51/h5-8,13,20-22,24-25,28H,9-12,14-19,23H2,1-4H3,(H,41,52)(H,43,50,51). The maximum atomic E-state index is 13.5. The Labute approximate surface area is 323 Å². The van der Waals surface area contributed by atoms with Crippen LogP contribution in [0.2, 0.25) is 0 Å². The number of carbonyl (C=O) groups excluding carboxylic acids is 3. The van der Waals surface area contributed by atoms with Gasteiger partial charge in [0.05, 0.1) is 39.0 Å². The van der Waals surface area contributed by atoms with Gasteiger partial charge >= 0.3 is 0 Å². The zero-order valence-corrected chi connectivity index (χ0v) is 32.5. The van der Waals surface area contributed by atoms with E-state index in [0.717, 1.165) is 90.6 Å². The van der Waals surface area contributed by atoms with Crippen LogP contribution in [0.15, 0.2) is 53.5 Å². The van der Waals surface area contributed by atoms with Crippen molar-refractivity contribution in [2.45, 2.75) is 51.6 Å². The Morgan fingerprint density at radius 1 is 0.982 bits per heavy atom. The van der Waals surface area contributed by atoms with Crippen LogP contribution in [0.1, 0.15) is 61.5 Å². The number of piperazine rings is 1. The minimum atomic E-state index is -0.406. The molecule has 0 spiro atoms. The summed E-state index contributed by atoms with van der Waals surface area (Å²) in [4.78, 5) is 62.6. The van der Waals surface area contributed by atoms with Crippen LogP contribution in [0.3, 0.4) is 0 Å². The van der Waals surface area contributed by atoms with Crippen LogP contribution in [0.25, 0.3) is 21.1 Å². The second-order valence-corrected chi connectivity index (χ2v) is 16.2. The highest BCUT2D eigenvalue weighted by molar-refractivity contribution is 7.22. The number of amides is 3. The van der Waals surface area contributed by atoms with Crippen LogP contribution in [0, 0.1) is 5.92 Å². The number of imide groups is 1. The molecule has 2 aromatic carbocycles. The Hall–Kier alpha value is -5.28. The van der Waals surface area contributed by atoms with Gasteiger partial charge in [-0.2, -0.15) is 5.10 Å². The van der Waals surface area contributed by atoms with Crippen molar-refractivity contribution in [3.8, 4) is 5.75 Å². The molecule has 3 amide bonds. The van der Waals surface area contributed by atoms with E-state index in [1.165, 1.54) is 10.3 Å². The monoisotopic (exact) mass is 765 g/mol. The average molecular weight is 766 g/mol. The van der Waals surface area contributed by atoms with Gasteiger partial charge in [0, 0.05) is 89.7 Å². The molecule has 3 aliphatic rings. The second kappa shape index (κ2) is 15.1. The van der Waals surface area contributed by atoms with Crippen LogP contribution in [0.5, 0.6) is 5.75 Å². The molecule has 15 heteroatoms. The van der Waals surface area contributed by atoms with Crippen LogP contribution >= 0.6 is 11.3 Å². The van der Waals surface area contributed by atoms with Gasteiger partial charge in [0.2, 0.25) is 11.8 Å². The van der Waals surface area contributed by atoms with Crippen LogP contribution in [0.4, 0.5) is 16.5 Å². The third-order valence-electron chi connectivity index (χ3n) is 11.0. The van der Waals surface area contributed by atoms with Gasteiger partial charge in [0.25, 0.3) is 11.5 Å². The lowest BCUT2D eigenvalue weighted by atomic mass is 9.92. The number of nitrogens with one attached hydrogen (secondary N) is 2. The van der Waals surface area contributed by atoms with Crippen molar-refractivity contribution in [1.29, 1.82) is 0 Å². The normalized spacial score (nSPS) is 18.7. The molecule has 0 aliphatic carbocycles. The molecule has 3 fully saturated rings. The largest absolute Gasteiger partial charge is 0.490 e. The van der Waals surface area contributed by atoms with Gasteiger partial charge in [0.15, 0.2) is 5.13 Å². The van der Waals surface area contributed by atoms with E-state index in [1.807, 2.05) is 37.7 Å². The molecule has 3 aliphatic heterocycles. The molecule has 0 saturated carbocycles. The average Bonchev–Trinajstić information content (AvgIpc) is 3.73. The number of anilines is 3. The number of aryl methyl sites for hydroxylation is 2. The lowest BCUT2D eigenvalue weighted by Crippen LogP contribution is -2.49. The first kappa shape index (κ1) is 36.7. The zero-order valence-electron chi connectivity index (χ0n) is 31.7. The van der Waals surface area contributed by atoms with Crippen molar-refractivity contribution in [3.63, 3.8) is 0 Å². The summed E-state index contributed by atoms with van der Waals surface area (Å²) < 4.78 is 10.2. The smallest absolute Gasteiger partial charge is 0.274 e. The first-order valence-corrected chi connectivity index (χ1v) is 19.9. The van der Waals surface area contributed by atoms with Crippen molar-refractivity contribution in [1.82, 2.24) is 29.5 Å². The quantitative estimate of drug-likeness (QED) is 0.206. The number of aromatic nitrogens is 4. The first-order chi connectivity index (χ1) is 26.5. The molecule has 5 aromatic rings. The Bertz CT molecular complexity index is 2330. The molecular formula is C40H47N9O5S. The third kappa shape index (κ3) is 7.55. The Kier molecular flexibility index (Phi) is 10.1. The number of ether oxygens (including phenoxy) is 1. The highest BCUT2D eigenvalue weighted by atomic mass is 32.1. The predicted molar refractivity (Wildman–Crippen MR) is 214 cm³/mol. The fraction of sp³-hybridized carbons (Fsp3) is 0.450. The topological polar surface area (TPSA) is 147 Å². The van der Waals surface area contributed by atoms with Crippen molar-refractivity contribution in [2.75, 3.05) is 60.9 Å². The molecule has 1 atom stereocenters. The number of rotatable bonds is 9. The second-order valence-electron chi connectivity index (χ2n) is 15.2. The number of pyridine rings is 1. The van der Waals surface area contributed by atoms with Crippen molar-refractivity contribution in [3.05, 3.63) is 70.3 Å². The first-order valence-electron chi connectivity index (χ1n) is 19.1. The van der Waals surface area contributed by atoms with Crippen LogP contribution < -0.4 is 30.7 Å². The van der Waals surface area contributed by atoms with Gasteiger partial charge < -0.3 is 24.4 Å². The van der Waals surface area contributed by atoms with E-state index >= 15 is 0 Å². The summed E-state index contributed by atoms with van der Waals surface area (Å²) in [5.74, 6) is -0.209. The molecule has 8 rings (SSSR count). The Morgan fingerprint density at radius 3 is 2.51 bits per heavy atom. The van der Waals surface area contributed by atoms with E-state index in [0.29, 0.717) is 30.1 Å². The highest BCUT2D eigenvalue weighted by Crippen LogP contribution is 2.36. The highest BCUT2D eigenvalue weighted by Gasteiger charge is 2.32. The molecule has 6 heterocycles. The molecule has 3 aromatic heterocycles. The van der Waals surface area contributed by atoms with Crippen LogP contribution in [-0.4, -0.2) is 93.9 Å². The summed E-state index contributed by atoms with van der Waals surface area (Å²) in [6, 6.07) is 13.4. The number of thiazole rings is 1. The Balaban J connectivity index is 0.870. The van der Waals surface area contributed by atoms with Gasteiger partial charge in [-0.25, -0.2) is 4.98 Å². The molecule has 0 bridgehead atoms. The molecule has 0 radical (unpaired) electrons. The summed E-state index contributed by atoms with van der Waals surface area (Å²) in [6.45, 7) is 10.6. The minimum absolute atomic E-state index is 0.148. The van der Waals surface area contributed by atoms with Gasteiger partial charge in [-0.05, 0) is 75.4 Å². The lowest BCUT2D eigenvalue weighted by Gasteiger charge is -2.39. The van der Waals surface area contributed by atoms with Crippen molar-refractivity contribution >= 4 is 66.7 Å². The van der Waals surface area contributed by atoms with Gasteiger partial charge in [-0.15, -0.1) is 0 Å². The summed E-state index contributed by atoms with van der Waals surface area (Å²) in [5, 5.41) is 11.9. The van der Waals surface area contributed by atoms with E-state index in [9.17, 15) is 19.2 Å². The third-order valence-corrected chi connectivity index (χ3v) is 12.1. The van der Waals surface area contributed by atoms with Gasteiger partial charge in [-0.3, -0.25) is 34.1 Å². The number of hydrogen-bond acceptors (Lipinski definition) is 11. The summed E-state index contributed by atoms with van der Waals surface area (Å²) in [7, 11) is 3.56. The molecule has 288 valence electrons. The van der Waals surface area contributed by atoms with E-state index in [4.69, 9.17) is 14.8 Å². The molecular weight excluding hydrogens is 719 g/mol. The predicted octanol–water partition coefficient (Wildman–Crippen LogP) is 4.48. The molecule has 14 nitrogen and oxygen atoms in total. The van der Waals surface area contributed by atoms with E-state index in [1.54, 1.807) is 36.7 Å². The van der Waals surface area contributed by atoms with Gasteiger partial charge in [-0.1, -0.05) is 11.3 Å². The molecule has 1 unspecified atom stereocenters. The molecule has 3 saturated heterocycles. The molecule has 2 N–H and O–H groups in total. The SMILES string of the molecule is CC(C)Oc1cc2nc(N3CCN(CC4CCN(c5ccc6c(C7CCC(=O)NC7=O)nn(C)c6c5)CC4)CC3)sc2cc1C(=O)Nc1cccn(C)c1=O. The van der Waals surface area contributed by atoms with E-state index < -0.39 is 11.8 Å². The number of benzene rings is 2. The zero-order chi connectivity index (χ0) is 38.4. The number of piperidine rings is 2. The summed E-state index contributed by atoms with van der Waals surface area (Å²) in [6.07, 6.45) is 4.57. The maximum absolute atomic E-state index is 13.5. The van der Waals surface area contributed by atoms with Gasteiger partial charge in [0.1, 0.15) is 11.4 Å². The number of fused-ring (bicyclic) bond motifs is 2. The summed E-state index contributed by atoms with van der Waals surface area (Å²) >= 11 is 1.57. The van der Waals surface area contributed by atoms with E-state index in [-0.39, 0.29) is 29.2 Å². The number of nitrogens with zero attached hydrogens (tertiary/aromatic N) is 7. The van der Waals surface area contributed by atoms with E-state index in [2.05, 4.69) is 43.5 Å². The minimum Gasteiger partial charge on any atom is -0.490 e.